The molecule has 27 heavy (non-hydrogen) atoms. The van der Waals surface area contributed by atoms with Crippen LogP contribution >= 0.6 is 11.1 Å². The summed E-state index contributed by atoms with van der Waals surface area (Å²) < 4.78 is 0. The van der Waals surface area contributed by atoms with E-state index in [1.54, 1.807) is 0 Å². The summed E-state index contributed by atoms with van der Waals surface area (Å²) in [5, 5.41) is 1.40. The van der Waals surface area contributed by atoms with Crippen LogP contribution in [0.1, 0.15) is 26.0 Å². The summed E-state index contributed by atoms with van der Waals surface area (Å²) in [6.07, 6.45) is 9.38. The van der Waals surface area contributed by atoms with Crippen LogP contribution in [0.25, 0.3) is 0 Å². The monoisotopic (exact) mass is 477 g/mol. The zero-order chi connectivity index (χ0) is 17.6. The number of halogens is 3. The van der Waals surface area contributed by atoms with Crippen molar-refractivity contribution in [2.24, 2.45) is 0 Å². The molecule has 0 unspecified atom stereocenters. The van der Waals surface area contributed by atoms with Crippen LogP contribution in [0.5, 0.6) is 0 Å². The summed E-state index contributed by atoms with van der Waals surface area (Å²) in [6.45, 7) is 8.84. The smallest absolute Gasteiger partial charge is 1.00 e. The summed E-state index contributed by atoms with van der Waals surface area (Å²) in [5.74, 6) is 1.39. The Morgan fingerprint density at radius 3 is 2.19 bits per heavy atom. The van der Waals surface area contributed by atoms with Gasteiger partial charge in [0.25, 0.3) is 0 Å². The van der Waals surface area contributed by atoms with Gasteiger partial charge >= 0.3 is 17.4 Å². The van der Waals surface area contributed by atoms with Crippen LogP contribution in [0.3, 0.4) is 0 Å². The van der Waals surface area contributed by atoms with Gasteiger partial charge in [0.05, 0.1) is 0 Å². The van der Waals surface area contributed by atoms with E-state index in [2.05, 4.69) is 56.2 Å². The van der Waals surface area contributed by atoms with E-state index in [4.69, 9.17) is 11.1 Å². The van der Waals surface area contributed by atoms with Gasteiger partial charge < -0.3 is 24.8 Å². The van der Waals surface area contributed by atoms with Gasteiger partial charge in [-0.2, -0.15) is 29.3 Å². The molecule has 0 N–H and O–H groups in total. The summed E-state index contributed by atoms with van der Waals surface area (Å²) in [5.41, 5.74) is 1.07. The molecule has 0 spiro atoms. The maximum absolute atomic E-state index is 6.58. The maximum Gasteiger partial charge on any atom is 4.00 e. The molecule has 0 bridgehead atoms. The Labute approximate surface area is 193 Å². The molecule has 0 fully saturated rings. The van der Waals surface area contributed by atoms with Gasteiger partial charge in [0.1, 0.15) is 0 Å². The Morgan fingerprint density at radius 1 is 1.11 bits per heavy atom. The molecule has 6 heteroatoms. The summed E-state index contributed by atoms with van der Waals surface area (Å²) in [6, 6.07) is 16.1. The SMILES string of the molecule is CC(C)(c1ccccn1)[C-]1C=CC=C([Si](C)(C)Cl)C1.[Cl-].[Cl-].[Cr+4].c1cc[cH-]c1. The first-order valence-corrected chi connectivity index (χ1v) is 12.3. The van der Waals surface area contributed by atoms with Crippen molar-refractivity contribution in [1.82, 2.24) is 4.98 Å². The predicted octanol–water partition coefficient (Wildman–Crippen LogP) is 0.214. The minimum atomic E-state index is -1.74. The fourth-order valence-electron chi connectivity index (χ4n) is 2.66. The van der Waals surface area contributed by atoms with Crippen LogP contribution in [0.4, 0.5) is 0 Å². The predicted molar refractivity (Wildman–Crippen MR) is 108 cm³/mol. The molecule has 1 nitrogen and oxygen atoms in total. The molecule has 1 aromatic carbocycles. The molecule has 3 rings (SSSR count). The van der Waals surface area contributed by atoms with Crippen LogP contribution in [0.2, 0.25) is 13.1 Å². The first kappa shape index (κ1) is 28.7. The molecule has 0 aliphatic heterocycles. The van der Waals surface area contributed by atoms with Crippen LogP contribution in [0.15, 0.2) is 78.2 Å². The molecule has 1 aliphatic rings. The van der Waals surface area contributed by atoms with E-state index < -0.39 is 7.38 Å². The normalized spacial score (nSPS) is 13.1. The average molecular weight is 479 g/mol. The van der Waals surface area contributed by atoms with Crippen molar-refractivity contribution in [3.8, 4) is 0 Å². The van der Waals surface area contributed by atoms with E-state index in [1.165, 1.54) is 11.1 Å². The Bertz CT molecular complexity index is 660. The topological polar surface area (TPSA) is 12.9 Å². The molecule has 0 amide bonds. The van der Waals surface area contributed by atoms with Crippen LogP contribution in [-0.4, -0.2) is 12.4 Å². The standard InChI is InChI=1S/C16H21ClNSi.C5H5.2ClH.Cr/c1-16(2,15-10-5-6-11-18-15)13-8-7-9-14(12-13)19(3,4)17;1-2-4-5-3-1;;;/h5-11H,12H2,1-4H3;1-5H;2*1H;/q2*-1;;;+4/p-2. The van der Waals surface area contributed by atoms with E-state index in [0.717, 1.165) is 12.1 Å². The van der Waals surface area contributed by atoms with Gasteiger partial charge in [-0.25, -0.2) is 30.2 Å². The number of allylic oxidation sites excluding steroid dienone is 4. The third-order valence-electron chi connectivity index (χ3n) is 4.40. The molecule has 146 valence electrons. The van der Waals surface area contributed by atoms with Gasteiger partial charge in [0.2, 0.25) is 0 Å². The fourth-order valence-corrected chi connectivity index (χ4v) is 4.15. The molecule has 1 aromatic heterocycles. The van der Waals surface area contributed by atoms with E-state index in [0.29, 0.717) is 0 Å². The maximum atomic E-state index is 6.58. The first-order chi connectivity index (χ1) is 11.3. The van der Waals surface area contributed by atoms with Gasteiger partial charge in [0.15, 0.2) is 7.38 Å². The average Bonchev–Trinajstić information content (AvgIpc) is 3.15. The third kappa shape index (κ3) is 8.57. The third-order valence-corrected chi connectivity index (χ3v) is 7.00. The van der Waals surface area contributed by atoms with Crippen molar-refractivity contribution < 1.29 is 42.2 Å². The van der Waals surface area contributed by atoms with Gasteiger partial charge in [0, 0.05) is 11.9 Å². The molecular formula is C21H26Cl3CrNSi. The van der Waals surface area contributed by atoms with Crippen molar-refractivity contribution in [3.63, 3.8) is 0 Å². The molecule has 0 atom stereocenters. The van der Waals surface area contributed by atoms with Crippen molar-refractivity contribution in [3.05, 3.63) is 89.8 Å². The Hall–Kier alpha value is -0.531. The molecule has 2 aromatic rings. The number of pyridine rings is 1. The Balaban J connectivity index is 0. The van der Waals surface area contributed by atoms with Crippen molar-refractivity contribution >= 4 is 18.5 Å². The van der Waals surface area contributed by atoms with Crippen molar-refractivity contribution in [1.29, 1.82) is 0 Å². The minimum Gasteiger partial charge on any atom is -1.00 e. The Kier molecular flexibility index (Phi) is 13.6. The largest absolute Gasteiger partial charge is 4.00 e. The fraction of sp³-hybridized carbons (Fsp3) is 0.286. The molecule has 1 aliphatic carbocycles. The number of nitrogens with zero attached hydrogens (tertiary/aromatic N) is 1. The zero-order valence-electron chi connectivity index (χ0n) is 16.1. The second-order valence-electron chi connectivity index (χ2n) is 7.03. The van der Waals surface area contributed by atoms with Gasteiger partial charge in [-0.3, -0.25) is 4.98 Å². The van der Waals surface area contributed by atoms with E-state index in [9.17, 15) is 0 Å². The number of hydrogen-bond acceptors (Lipinski definition) is 1. The quantitative estimate of drug-likeness (QED) is 0.349. The van der Waals surface area contributed by atoms with Crippen LogP contribution in [0, 0.1) is 5.92 Å². The van der Waals surface area contributed by atoms with Crippen LogP contribution in [-0.2, 0) is 22.8 Å². The Morgan fingerprint density at radius 2 is 1.74 bits per heavy atom. The van der Waals surface area contributed by atoms with Gasteiger partial charge in [-0.15, -0.1) is 6.08 Å². The van der Waals surface area contributed by atoms with Crippen LogP contribution < -0.4 is 24.8 Å². The number of aromatic nitrogens is 1. The molecule has 0 saturated heterocycles. The first-order valence-electron chi connectivity index (χ1n) is 8.33. The second kappa shape index (κ2) is 12.8. The molecule has 0 saturated carbocycles. The molecule has 1 heterocycles. The summed E-state index contributed by atoms with van der Waals surface area (Å²) in [4.78, 5) is 4.52. The summed E-state index contributed by atoms with van der Waals surface area (Å²) in [7, 11) is -1.74. The molecular weight excluding hydrogens is 453 g/mol. The van der Waals surface area contributed by atoms with Crippen molar-refractivity contribution in [2.75, 3.05) is 0 Å². The van der Waals surface area contributed by atoms with E-state index >= 15 is 0 Å². The minimum absolute atomic E-state index is 0. The van der Waals surface area contributed by atoms with Gasteiger partial charge in [-0.1, -0.05) is 44.6 Å². The molecule has 0 radical (unpaired) electrons. The second-order valence-corrected chi connectivity index (χ2v) is 13.4. The number of rotatable bonds is 3. The summed E-state index contributed by atoms with van der Waals surface area (Å²) >= 11 is 6.58. The van der Waals surface area contributed by atoms with Gasteiger partial charge in [-0.05, 0) is 17.5 Å². The van der Waals surface area contributed by atoms with E-state index in [1.807, 2.05) is 48.7 Å². The number of hydrogen-bond donors (Lipinski definition) is 0. The van der Waals surface area contributed by atoms with Crippen molar-refractivity contribution in [2.45, 2.75) is 38.8 Å². The van der Waals surface area contributed by atoms with E-state index in [-0.39, 0.29) is 47.6 Å². The zero-order valence-corrected chi connectivity index (χ0v) is 20.7.